The Morgan fingerprint density at radius 1 is 1.38 bits per heavy atom. The van der Waals surface area contributed by atoms with E-state index in [9.17, 15) is 0 Å². The van der Waals surface area contributed by atoms with Gasteiger partial charge in [0.1, 0.15) is 12.2 Å². The highest BCUT2D eigenvalue weighted by Crippen LogP contribution is 2.22. The molecule has 3 rings (SSSR count). The number of aromatic amines is 1. The average Bonchev–Trinajstić information content (AvgIpc) is 3.17. The van der Waals surface area contributed by atoms with E-state index >= 15 is 0 Å². The Balaban J connectivity index is 1.54. The van der Waals surface area contributed by atoms with E-state index in [1.807, 2.05) is 31.4 Å². The van der Waals surface area contributed by atoms with Gasteiger partial charge in [0, 0.05) is 42.8 Å². The van der Waals surface area contributed by atoms with Crippen LogP contribution in [0.15, 0.2) is 35.7 Å². The standard InChI is InChI=1S/C16H20ClN7/c1-18-16(21-9-15-22-10-23-24(15)2)19-6-5-11-8-20-14-4-3-12(17)7-13(11)14/h3-4,7-8,10,20H,5-6,9H2,1-2H3,(H2,18,19,21). The van der Waals surface area contributed by atoms with Crippen molar-refractivity contribution < 1.29 is 0 Å². The van der Waals surface area contributed by atoms with Gasteiger partial charge in [0.2, 0.25) is 0 Å². The van der Waals surface area contributed by atoms with Gasteiger partial charge in [-0.15, -0.1) is 0 Å². The molecule has 0 bridgehead atoms. The van der Waals surface area contributed by atoms with Gasteiger partial charge in [-0.1, -0.05) is 11.6 Å². The molecule has 0 unspecified atom stereocenters. The summed E-state index contributed by atoms with van der Waals surface area (Å²) in [6, 6.07) is 5.88. The molecule has 0 aliphatic heterocycles. The number of nitrogens with zero attached hydrogens (tertiary/aromatic N) is 4. The quantitative estimate of drug-likeness (QED) is 0.487. The zero-order valence-electron chi connectivity index (χ0n) is 13.7. The molecular formula is C16H20ClN7. The Bertz CT molecular complexity index is 849. The Labute approximate surface area is 145 Å². The first-order chi connectivity index (χ1) is 11.7. The number of halogens is 1. The molecule has 24 heavy (non-hydrogen) atoms. The molecule has 0 spiro atoms. The second-order valence-corrected chi connectivity index (χ2v) is 5.84. The molecule has 0 saturated carbocycles. The number of guanidine groups is 1. The van der Waals surface area contributed by atoms with E-state index < -0.39 is 0 Å². The summed E-state index contributed by atoms with van der Waals surface area (Å²) in [5, 5.41) is 12.5. The van der Waals surface area contributed by atoms with Crippen molar-refractivity contribution in [2.45, 2.75) is 13.0 Å². The SMILES string of the molecule is CN=C(NCCc1c[nH]c2ccc(Cl)cc12)NCc1ncnn1C. The highest BCUT2D eigenvalue weighted by atomic mass is 35.5. The number of rotatable bonds is 5. The Morgan fingerprint density at radius 3 is 3.00 bits per heavy atom. The molecule has 0 saturated heterocycles. The van der Waals surface area contributed by atoms with E-state index in [0.717, 1.165) is 40.7 Å². The summed E-state index contributed by atoms with van der Waals surface area (Å²) in [5.74, 6) is 1.58. The lowest BCUT2D eigenvalue weighted by molar-refractivity contribution is 0.672. The summed E-state index contributed by atoms with van der Waals surface area (Å²) in [5.41, 5.74) is 2.32. The van der Waals surface area contributed by atoms with Crippen LogP contribution in [0.1, 0.15) is 11.4 Å². The van der Waals surface area contributed by atoms with Crippen molar-refractivity contribution in [2.24, 2.45) is 12.0 Å². The van der Waals surface area contributed by atoms with Crippen molar-refractivity contribution in [3.05, 3.63) is 47.1 Å². The fraction of sp³-hybridized carbons (Fsp3) is 0.312. The second-order valence-electron chi connectivity index (χ2n) is 5.41. The van der Waals surface area contributed by atoms with Crippen LogP contribution in [-0.2, 0) is 20.0 Å². The monoisotopic (exact) mass is 345 g/mol. The van der Waals surface area contributed by atoms with Crippen LogP contribution in [0.25, 0.3) is 10.9 Å². The summed E-state index contributed by atoms with van der Waals surface area (Å²) in [6.07, 6.45) is 4.43. The first-order valence-corrected chi connectivity index (χ1v) is 8.08. The van der Waals surface area contributed by atoms with Gasteiger partial charge in [-0.3, -0.25) is 9.67 Å². The van der Waals surface area contributed by atoms with Crippen LogP contribution in [0.5, 0.6) is 0 Å². The van der Waals surface area contributed by atoms with Crippen LogP contribution in [0.4, 0.5) is 0 Å². The number of aromatic nitrogens is 4. The van der Waals surface area contributed by atoms with Gasteiger partial charge in [0.25, 0.3) is 0 Å². The predicted molar refractivity (Wildman–Crippen MR) is 96.2 cm³/mol. The molecular weight excluding hydrogens is 326 g/mol. The van der Waals surface area contributed by atoms with Crippen molar-refractivity contribution in [1.82, 2.24) is 30.4 Å². The average molecular weight is 346 g/mol. The number of hydrogen-bond acceptors (Lipinski definition) is 3. The first kappa shape index (κ1) is 16.3. The van der Waals surface area contributed by atoms with E-state index in [4.69, 9.17) is 11.6 Å². The predicted octanol–water partition coefficient (Wildman–Crippen LogP) is 1.86. The number of H-pyrrole nitrogens is 1. The molecule has 1 aromatic carbocycles. The molecule has 2 heterocycles. The van der Waals surface area contributed by atoms with Gasteiger partial charge >= 0.3 is 0 Å². The highest BCUT2D eigenvalue weighted by Gasteiger charge is 2.06. The van der Waals surface area contributed by atoms with E-state index in [-0.39, 0.29) is 0 Å². The van der Waals surface area contributed by atoms with Gasteiger partial charge in [0.15, 0.2) is 5.96 Å². The minimum atomic E-state index is 0.568. The van der Waals surface area contributed by atoms with Gasteiger partial charge in [-0.25, -0.2) is 4.98 Å². The topological polar surface area (TPSA) is 82.9 Å². The summed E-state index contributed by atoms with van der Waals surface area (Å²) in [4.78, 5) is 11.7. The number of aliphatic imine (C=N–C) groups is 1. The molecule has 3 N–H and O–H groups in total. The molecule has 0 fully saturated rings. The molecule has 3 aromatic rings. The van der Waals surface area contributed by atoms with Gasteiger partial charge in [-0.05, 0) is 30.2 Å². The molecule has 7 nitrogen and oxygen atoms in total. The third kappa shape index (κ3) is 3.68. The minimum absolute atomic E-state index is 0.568. The molecule has 0 radical (unpaired) electrons. The number of fused-ring (bicyclic) bond motifs is 1. The van der Waals surface area contributed by atoms with Crippen LogP contribution in [0, 0.1) is 0 Å². The lowest BCUT2D eigenvalue weighted by Gasteiger charge is -2.11. The van der Waals surface area contributed by atoms with Crippen molar-refractivity contribution in [1.29, 1.82) is 0 Å². The molecule has 0 amide bonds. The minimum Gasteiger partial charge on any atom is -0.361 e. The van der Waals surface area contributed by atoms with Crippen LogP contribution in [-0.4, -0.2) is 39.3 Å². The zero-order chi connectivity index (χ0) is 16.9. The van der Waals surface area contributed by atoms with E-state index in [1.54, 1.807) is 11.7 Å². The van der Waals surface area contributed by atoms with Gasteiger partial charge in [-0.2, -0.15) is 5.10 Å². The van der Waals surface area contributed by atoms with Crippen LogP contribution < -0.4 is 10.6 Å². The van der Waals surface area contributed by atoms with Crippen molar-refractivity contribution in [2.75, 3.05) is 13.6 Å². The lowest BCUT2D eigenvalue weighted by Crippen LogP contribution is -2.38. The highest BCUT2D eigenvalue weighted by molar-refractivity contribution is 6.31. The van der Waals surface area contributed by atoms with Crippen molar-refractivity contribution >= 4 is 28.5 Å². The molecule has 0 aliphatic rings. The summed E-state index contributed by atoms with van der Waals surface area (Å²) >= 11 is 6.09. The van der Waals surface area contributed by atoms with E-state index in [2.05, 4.69) is 30.7 Å². The maximum absolute atomic E-state index is 6.09. The van der Waals surface area contributed by atoms with Crippen molar-refractivity contribution in [3.8, 4) is 0 Å². The summed E-state index contributed by atoms with van der Waals surface area (Å²) in [7, 11) is 3.61. The third-order valence-electron chi connectivity index (χ3n) is 3.86. The third-order valence-corrected chi connectivity index (χ3v) is 4.09. The molecule has 0 aliphatic carbocycles. The van der Waals surface area contributed by atoms with Gasteiger partial charge in [0.05, 0.1) is 6.54 Å². The maximum atomic E-state index is 6.09. The number of hydrogen-bond donors (Lipinski definition) is 3. The lowest BCUT2D eigenvalue weighted by atomic mass is 10.1. The largest absolute Gasteiger partial charge is 0.361 e. The molecule has 0 atom stereocenters. The van der Waals surface area contributed by atoms with Crippen molar-refractivity contribution in [3.63, 3.8) is 0 Å². The molecule has 126 valence electrons. The normalized spacial score (nSPS) is 11.9. The van der Waals surface area contributed by atoms with Gasteiger partial charge < -0.3 is 15.6 Å². The zero-order valence-corrected chi connectivity index (χ0v) is 14.4. The van der Waals surface area contributed by atoms with Crippen LogP contribution in [0.3, 0.4) is 0 Å². The molecule has 8 heteroatoms. The Hall–Kier alpha value is -2.54. The Morgan fingerprint density at radius 2 is 2.25 bits per heavy atom. The summed E-state index contributed by atoms with van der Waals surface area (Å²) in [6.45, 7) is 1.33. The number of aryl methyl sites for hydroxylation is 1. The maximum Gasteiger partial charge on any atom is 0.191 e. The summed E-state index contributed by atoms with van der Waals surface area (Å²) < 4.78 is 1.73. The second kappa shape index (κ2) is 7.35. The number of nitrogens with one attached hydrogen (secondary N) is 3. The number of benzene rings is 1. The van der Waals surface area contributed by atoms with Crippen LogP contribution in [0.2, 0.25) is 5.02 Å². The fourth-order valence-electron chi connectivity index (χ4n) is 2.54. The fourth-order valence-corrected chi connectivity index (χ4v) is 2.71. The Kier molecular flexibility index (Phi) is 5.00. The van der Waals surface area contributed by atoms with E-state index in [0.29, 0.717) is 6.54 Å². The smallest absolute Gasteiger partial charge is 0.191 e. The van der Waals surface area contributed by atoms with Crippen LogP contribution >= 0.6 is 11.6 Å². The first-order valence-electron chi connectivity index (χ1n) is 7.70. The van der Waals surface area contributed by atoms with E-state index in [1.165, 1.54) is 11.9 Å². The molecule has 2 aromatic heterocycles.